The van der Waals surface area contributed by atoms with Crippen LogP contribution in [0.25, 0.3) is 0 Å². The molecule has 25 heavy (non-hydrogen) atoms. The lowest BCUT2D eigenvalue weighted by molar-refractivity contribution is -0.000308. The number of likely N-dealkylation sites (N-methyl/N-ethyl adjacent to an activating group) is 1. The van der Waals surface area contributed by atoms with E-state index < -0.39 is 5.60 Å². The number of aryl methyl sites for hydroxylation is 1. The predicted octanol–water partition coefficient (Wildman–Crippen LogP) is 1.28. The van der Waals surface area contributed by atoms with Gasteiger partial charge in [-0.15, -0.1) is 0 Å². The van der Waals surface area contributed by atoms with Crippen molar-refractivity contribution in [3.05, 3.63) is 48.0 Å². The largest absolute Gasteiger partial charge is 0.386 e. The van der Waals surface area contributed by atoms with Crippen LogP contribution in [0.4, 0.5) is 5.95 Å². The van der Waals surface area contributed by atoms with E-state index >= 15 is 0 Å². The Hall–Kier alpha value is -2.54. The van der Waals surface area contributed by atoms with E-state index in [1.807, 2.05) is 17.9 Å². The Morgan fingerprint density at radius 2 is 2.08 bits per heavy atom. The van der Waals surface area contributed by atoms with Crippen LogP contribution < -0.4 is 4.90 Å². The van der Waals surface area contributed by atoms with Gasteiger partial charge in [0.15, 0.2) is 0 Å². The lowest BCUT2D eigenvalue weighted by Gasteiger charge is -2.41. The molecule has 1 amide bonds. The van der Waals surface area contributed by atoms with Crippen molar-refractivity contribution in [2.75, 3.05) is 31.6 Å². The highest BCUT2D eigenvalue weighted by Crippen LogP contribution is 2.25. The van der Waals surface area contributed by atoms with E-state index in [0.29, 0.717) is 24.5 Å². The molecule has 2 aromatic heterocycles. The Labute approximate surface area is 147 Å². The van der Waals surface area contributed by atoms with E-state index in [-0.39, 0.29) is 12.5 Å². The molecule has 1 aliphatic heterocycles. The molecular weight excluding hydrogens is 318 g/mol. The normalized spacial score (nSPS) is 20.4. The number of hydrogen-bond acceptors (Lipinski definition) is 6. The first-order chi connectivity index (χ1) is 12.0. The zero-order chi connectivity index (χ0) is 17.9. The van der Waals surface area contributed by atoms with Gasteiger partial charge in [0.2, 0.25) is 5.95 Å². The van der Waals surface area contributed by atoms with E-state index in [0.717, 1.165) is 18.7 Å². The number of aliphatic hydroxyl groups is 1. The van der Waals surface area contributed by atoms with E-state index in [1.54, 1.807) is 42.7 Å². The Kier molecular flexibility index (Phi) is 4.94. The fourth-order valence-electron chi connectivity index (χ4n) is 3.19. The lowest BCUT2D eigenvalue weighted by atomic mass is 9.92. The molecule has 0 spiro atoms. The van der Waals surface area contributed by atoms with Crippen molar-refractivity contribution in [3.63, 3.8) is 0 Å². The monoisotopic (exact) mass is 341 g/mol. The first kappa shape index (κ1) is 17.3. The summed E-state index contributed by atoms with van der Waals surface area (Å²) in [5.74, 6) is 0.464. The van der Waals surface area contributed by atoms with Crippen LogP contribution in [0.3, 0.4) is 0 Å². The number of rotatable bonds is 4. The number of anilines is 1. The molecule has 1 fully saturated rings. The first-order valence-electron chi connectivity index (χ1n) is 8.39. The zero-order valence-electron chi connectivity index (χ0n) is 14.6. The maximum absolute atomic E-state index is 12.6. The Balaban J connectivity index is 1.68. The summed E-state index contributed by atoms with van der Waals surface area (Å²) in [6.07, 6.45) is 6.41. The van der Waals surface area contributed by atoms with Crippen LogP contribution in [0.2, 0.25) is 0 Å². The number of hydrogen-bond donors (Lipinski definition) is 1. The van der Waals surface area contributed by atoms with Gasteiger partial charge in [-0.3, -0.25) is 9.78 Å². The fourth-order valence-corrected chi connectivity index (χ4v) is 3.19. The molecule has 3 rings (SSSR count). The predicted molar refractivity (Wildman–Crippen MR) is 94.4 cm³/mol. The Morgan fingerprint density at radius 1 is 1.32 bits per heavy atom. The van der Waals surface area contributed by atoms with Gasteiger partial charge < -0.3 is 14.9 Å². The number of amides is 1. The molecule has 3 heterocycles. The van der Waals surface area contributed by atoms with Gasteiger partial charge in [0, 0.05) is 37.9 Å². The molecule has 7 heteroatoms. The number of carbonyl (C=O) groups is 1. The third-order valence-corrected chi connectivity index (χ3v) is 4.43. The minimum Gasteiger partial charge on any atom is -0.386 e. The molecule has 2 aromatic rings. The summed E-state index contributed by atoms with van der Waals surface area (Å²) < 4.78 is 0. The highest BCUT2D eigenvalue weighted by molar-refractivity contribution is 5.93. The quantitative estimate of drug-likeness (QED) is 0.902. The number of pyridine rings is 1. The molecule has 0 saturated carbocycles. The van der Waals surface area contributed by atoms with Crippen LogP contribution in [0, 0.1) is 6.92 Å². The smallest absolute Gasteiger partial charge is 0.255 e. The highest BCUT2D eigenvalue weighted by Gasteiger charge is 2.36. The summed E-state index contributed by atoms with van der Waals surface area (Å²) in [5.41, 5.74) is 0.402. The molecule has 0 radical (unpaired) electrons. The van der Waals surface area contributed by atoms with Crippen molar-refractivity contribution in [2.45, 2.75) is 25.4 Å². The molecule has 132 valence electrons. The SMILES string of the molecule is Cc1ccc(C(=O)N(C)C[C@@]2(O)CCCN(c3ncccn3)C2)cn1. The zero-order valence-corrected chi connectivity index (χ0v) is 14.6. The van der Waals surface area contributed by atoms with Crippen LogP contribution in [-0.2, 0) is 0 Å². The summed E-state index contributed by atoms with van der Waals surface area (Å²) in [6.45, 7) is 3.33. The van der Waals surface area contributed by atoms with Crippen molar-refractivity contribution in [1.82, 2.24) is 19.9 Å². The molecule has 1 atom stereocenters. The maximum atomic E-state index is 12.6. The molecule has 1 aliphatic rings. The standard InChI is InChI=1S/C18H23N5O2/c1-14-5-6-15(11-21-14)16(24)22(2)12-18(25)7-3-10-23(13-18)17-19-8-4-9-20-17/h4-6,8-9,11,25H,3,7,10,12-13H2,1-2H3/t18-/m0/s1. The molecule has 0 aliphatic carbocycles. The summed E-state index contributed by atoms with van der Waals surface area (Å²) in [7, 11) is 1.71. The van der Waals surface area contributed by atoms with Crippen molar-refractivity contribution < 1.29 is 9.90 Å². The number of carbonyl (C=O) groups excluding carboxylic acids is 1. The average molecular weight is 341 g/mol. The molecule has 1 saturated heterocycles. The van der Waals surface area contributed by atoms with Crippen LogP contribution in [0.5, 0.6) is 0 Å². The van der Waals surface area contributed by atoms with E-state index in [9.17, 15) is 9.90 Å². The Bertz CT molecular complexity index is 722. The summed E-state index contributed by atoms with van der Waals surface area (Å²) in [6, 6.07) is 5.34. The minimum atomic E-state index is -0.986. The van der Waals surface area contributed by atoms with Gasteiger partial charge in [0.25, 0.3) is 5.91 Å². The van der Waals surface area contributed by atoms with Crippen molar-refractivity contribution in [2.24, 2.45) is 0 Å². The van der Waals surface area contributed by atoms with Crippen LogP contribution in [0.15, 0.2) is 36.8 Å². The fraction of sp³-hybridized carbons (Fsp3) is 0.444. The first-order valence-corrected chi connectivity index (χ1v) is 8.39. The van der Waals surface area contributed by atoms with E-state index in [1.165, 1.54) is 0 Å². The van der Waals surface area contributed by atoms with Gasteiger partial charge in [-0.2, -0.15) is 0 Å². The van der Waals surface area contributed by atoms with Crippen molar-refractivity contribution >= 4 is 11.9 Å². The molecule has 0 bridgehead atoms. The van der Waals surface area contributed by atoms with E-state index in [4.69, 9.17) is 0 Å². The topological polar surface area (TPSA) is 82.5 Å². The second-order valence-electron chi connectivity index (χ2n) is 6.65. The number of aromatic nitrogens is 3. The van der Waals surface area contributed by atoms with Gasteiger partial charge in [-0.05, 0) is 38.0 Å². The summed E-state index contributed by atoms with van der Waals surface area (Å²) >= 11 is 0. The average Bonchev–Trinajstić information content (AvgIpc) is 2.62. The van der Waals surface area contributed by atoms with Gasteiger partial charge in [0.05, 0.1) is 24.3 Å². The molecule has 7 nitrogen and oxygen atoms in total. The van der Waals surface area contributed by atoms with Gasteiger partial charge in [-0.25, -0.2) is 9.97 Å². The second-order valence-corrected chi connectivity index (χ2v) is 6.65. The third kappa shape index (κ3) is 4.11. The minimum absolute atomic E-state index is 0.144. The molecule has 0 unspecified atom stereocenters. The van der Waals surface area contributed by atoms with Crippen LogP contribution in [-0.4, -0.2) is 63.1 Å². The van der Waals surface area contributed by atoms with Gasteiger partial charge in [0.1, 0.15) is 0 Å². The molecular formula is C18H23N5O2. The third-order valence-electron chi connectivity index (χ3n) is 4.43. The van der Waals surface area contributed by atoms with Gasteiger partial charge in [-0.1, -0.05) is 0 Å². The van der Waals surface area contributed by atoms with Crippen molar-refractivity contribution in [1.29, 1.82) is 0 Å². The van der Waals surface area contributed by atoms with Gasteiger partial charge >= 0.3 is 0 Å². The molecule has 0 aromatic carbocycles. The Morgan fingerprint density at radius 3 is 2.76 bits per heavy atom. The number of β-amino-alcohol motifs (C(OH)–C–C–N with tert-alkyl or cyclic N) is 1. The van der Waals surface area contributed by atoms with Crippen LogP contribution in [0.1, 0.15) is 28.9 Å². The van der Waals surface area contributed by atoms with Crippen LogP contribution >= 0.6 is 0 Å². The van der Waals surface area contributed by atoms with Crippen molar-refractivity contribution in [3.8, 4) is 0 Å². The summed E-state index contributed by atoms with van der Waals surface area (Å²) in [5, 5.41) is 11.0. The second kappa shape index (κ2) is 7.14. The number of piperidine rings is 1. The molecule has 1 N–H and O–H groups in total. The highest BCUT2D eigenvalue weighted by atomic mass is 16.3. The number of nitrogens with zero attached hydrogens (tertiary/aromatic N) is 5. The maximum Gasteiger partial charge on any atom is 0.255 e. The lowest BCUT2D eigenvalue weighted by Crippen LogP contribution is -2.55. The van der Waals surface area contributed by atoms with E-state index in [2.05, 4.69) is 15.0 Å². The summed E-state index contributed by atoms with van der Waals surface area (Å²) in [4.78, 5) is 28.8.